The van der Waals surface area contributed by atoms with E-state index in [9.17, 15) is 0 Å². The lowest BCUT2D eigenvalue weighted by molar-refractivity contribution is 0.969. The van der Waals surface area contributed by atoms with Crippen molar-refractivity contribution in [1.82, 2.24) is 19.5 Å². The fourth-order valence-electron chi connectivity index (χ4n) is 2.74. The molecular formula is C17H15N5. The van der Waals surface area contributed by atoms with E-state index >= 15 is 0 Å². The molecule has 5 nitrogen and oxygen atoms in total. The van der Waals surface area contributed by atoms with Crippen LogP contribution in [0.1, 0.15) is 0 Å². The molecule has 0 radical (unpaired) electrons. The van der Waals surface area contributed by atoms with Crippen LogP contribution in [0.2, 0.25) is 0 Å². The lowest BCUT2D eigenvalue weighted by atomic mass is 10.1. The number of rotatable bonds is 2. The monoisotopic (exact) mass is 289 g/mol. The average molecular weight is 289 g/mol. The number of aryl methyl sites for hydroxylation is 1. The van der Waals surface area contributed by atoms with Gasteiger partial charge in [0, 0.05) is 49.2 Å². The van der Waals surface area contributed by atoms with Gasteiger partial charge in [-0.05, 0) is 24.3 Å². The second kappa shape index (κ2) is 4.80. The van der Waals surface area contributed by atoms with E-state index in [2.05, 4.69) is 55.3 Å². The van der Waals surface area contributed by atoms with Gasteiger partial charge in [-0.25, -0.2) is 9.97 Å². The van der Waals surface area contributed by atoms with Crippen molar-refractivity contribution in [2.24, 2.45) is 7.05 Å². The SMILES string of the molecule is CNc1nc(-c2ccc3c(ccn3C)c2)cc2nccnc12. The van der Waals surface area contributed by atoms with Gasteiger partial charge in [0.25, 0.3) is 0 Å². The molecule has 0 spiro atoms. The van der Waals surface area contributed by atoms with Gasteiger partial charge in [0.1, 0.15) is 5.52 Å². The first kappa shape index (κ1) is 12.8. The van der Waals surface area contributed by atoms with Crippen molar-refractivity contribution in [3.05, 3.63) is 48.9 Å². The normalized spacial score (nSPS) is 11.2. The first-order valence-corrected chi connectivity index (χ1v) is 7.11. The van der Waals surface area contributed by atoms with E-state index in [1.54, 1.807) is 12.4 Å². The van der Waals surface area contributed by atoms with Gasteiger partial charge in [0.2, 0.25) is 0 Å². The summed E-state index contributed by atoms with van der Waals surface area (Å²) in [7, 11) is 3.89. The second-order valence-corrected chi connectivity index (χ2v) is 5.23. The summed E-state index contributed by atoms with van der Waals surface area (Å²) in [4.78, 5) is 13.4. The van der Waals surface area contributed by atoms with Crippen molar-refractivity contribution in [1.29, 1.82) is 0 Å². The number of nitrogens with zero attached hydrogens (tertiary/aromatic N) is 4. The Bertz CT molecular complexity index is 987. The summed E-state index contributed by atoms with van der Waals surface area (Å²) in [5.74, 6) is 0.744. The zero-order chi connectivity index (χ0) is 15.1. The summed E-state index contributed by atoms with van der Waals surface area (Å²) in [5.41, 5.74) is 4.79. The number of nitrogens with one attached hydrogen (secondary N) is 1. The fraction of sp³-hybridized carbons (Fsp3) is 0.118. The standard InChI is InChI=1S/C17H15N5/c1-18-17-16-14(19-6-7-20-16)10-13(21-17)11-3-4-15-12(9-11)5-8-22(15)2/h3-10H,1-2H3,(H,18,21). The maximum Gasteiger partial charge on any atom is 0.154 e. The maximum absolute atomic E-state index is 4.68. The van der Waals surface area contributed by atoms with Crippen LogP contribution in [0.5, 0.6) is 0 Å². The second-order valence-electron chi connectivity index (χ2n) is 5.23. The summed E-state index contributed by atoms with van der Waals surface area (Å²) in [6.07, 6.45) is 5.44. The van der Waals surface area contributed by atoms with Crippen molar-refractivity contribution in [3.8, 4) is 11.3 Å². The molecule has 1 aromatic carbocycles. The Hall–Kier alpha value is -2.95. The van der Waals surface area contributed by atoms with Crippen LogP contribution >= 0.6 is 0 Å². The molecule has 0 saturated carbocycles. The molecule has 0 bridgehead atoms. The van der Waals surface area contributed by atoms with Crippen molar-refractivity contribution in [2.75, 3.05) is 12.4 Å². The highest BCUT2D eigenvalue weighted by Gasteiger charge is 2.09. The maximum atomic E-state index is 4.68. The minimum Gasteiger partial charge on any atom is -0.371 e. The highest BCUT2D eigenvalue weighted by atomic mass is 15.0. The van der Waals surface area contributed by atoms with Gasteiger partial charge in [-0.15, -0.1) is 0 Å². The Morgan fingerprint density at radius 2 is 1.91 bits per heavy atom. The van der Waals surface area contributed by atoms with Crippen molar-refractivity contribution in [2.45, 2.75) is 0 Å². The molecule has 5 heteroatoms. The lowest BCUT2D eigenvalue weighted by Gasteiger charge is -2.08. The molecule has 3 aromatic heterocycles. The zero-order valence-corrected chi connectivity index (χ0v) is 12.4. The van der Waals surface area contributed by atoms with E-state index in [4.69, 9.17) is 0 Å². The third-order valence-corrected chi connectivity index (χ3v) is 3.87. The molecule has 22 heavy (non-hydrogen) atoms. The Morgan fingerprint density at radius 1 is 1.05 bits per heavy atom. The molecule has 108 valence electrons. The molecule has 1 N–H and O–H groups in total. The largest absolute Gasteiger partial charge is 0.371 e. The number of benzene rings is 1. The Labute approximate surface area is 127 Å². The third kappa shape index (κ3) is 1.90. The third-order valence-electron chi connectivity index (χ3n) is 3.87. The molecule has 0 fully saturated rings. The van der Waals surface area contributed by atoms with E-state index in [1.807, 2.05) is 20.2 Å². The number of hydrogen-bond acceptors (Lipinski definition) is 4. The number of aromatic nitrogens is 4. The summed E-state index contributed by atoms with van der Waals surface area (Å²) < 4.78 is 2.11. The van der Waals surface area contributed by atoms with Gasteiger partial charge in [0.05, 0.1) is 11.2 Å². The fourth-order valence-corrected chi connectivity index (χ4v) is 2.74. The molecule has 0 aliphatic carbocycles. The van der Waals surface area contributed by atoms with E-state index in [-0.39, 0.29) is 0 Å². The van der Waals surface area contributed by atoms with Gasteiger partial charge < -0.3 is 9.88 Å². The number of anilines is 1. The van der Waals surface area contributed by atoms with Crippen molar-refractivity contribution >= 4 is 27.8 Å². The topological polar surface area (TPSA) is 55.6 Å². The van der Waals surface area contributed by atoms with Gasteiger partial charge in [-0.3, -0.25) is 4.98 Å². The van der Waals surface area contributed by atoms with Gasteiger partial charge in [0.15, 0.2) is 5.82 Å². The molecule has 0 amide bonds. The molecular weight excluding hydrogens is 274 g/mol. The zero-order valence-electron chi connectivity index (χ0n) is 12.4. The van der Waals surface area contributed by atoms with Crippen LogP contribution in [0.15, 0.2) is 48.9 Å². The molecule has 3 heterocycles. The Balaban J connectivity index is 1.95. The molecule has 0 saturated heterocycles. The summed E-state index contributed by atoms with van der Waals surface area (Å²) in [5, 5.41) is 4.30. The Morgan fingerprint density at radius 3 is 2.77 bits per heavy atom. The first-order valence-electron chi connectivity index (χ1n) is 7.11. The van der Waals surface area contributed by atoms with Gasteiger partial charge >= 0.3 is 0 Å². The predicted octanol–water partition coefficient (Wildman–Crippen LogP) is 3.23. The number of hydrogen-bond donors (Lipinski definition) is 1. The van der Waals surface area contributed by atoms with Crippen LogP contribution in [0.3, 0.4) is 0 Å². The average Bonchev–Trinajstić information content (AvgIpc) is 2.94. The predicted molar refractivity (Wildman–Crippen MR) is 88.8 cm³/mol. The smallest absolute Gasteiger partial charge is 0.154 e. The highest BCUT2D eigenvalue weighted by Crippen LogP contribution is 2.27. The summed E-state index contributed by atoms with van der Waals surface area (Å²) in [6.45, 7) is 0. The van der Waals surface area contributed by atoms with E-state index < -0.39 is 0 Å². The Kier molecular flexibility index (Phi) is 2.79. The summed E-state index contributed by atoms with van der Waals surface area (Å²) in [6, 6.07) is 10.4. The lowest BCUT2D eigenvalue weighted by Crippen LogP contribution is -1.98. The molecule has 4 rings (SSSR count). The molecule has 0 unspecified atom stereocenters. The highest BCUT2D eigenvalue weighted by molar-refractivity contribution is 5.90. The van der Waals surface area contributed by atoms with E-state index in [0.29, 0.717) is 0 Å². The van der Waals surface area contributed by atoms with Gasteiger partial charge in [-0.1, -0.05) is 6.07 Å². The van der Waals surface area contributed by atoms with Crippen LogP contribution in [0.4, 0.5) is 5.82 Å². The van der Waals surface area contributed by atoms with Crippen LogP contribution < -0.4 is 5.32 Å². The van der Waals surface area contributed by atoms with Crippen LogP contribution in [-0.4, -0.2) is 26.6 Å². The number of fused-ring (bicyclic) bond motifs is 2. The summed E-state index contributed by atoms with van der Waals surface area (Å²) >= 11 is 0. The van der Waals surface area contributed by atoms with Crippen molar-refractivity contribution < 1.29 is 0 Å². The van der Waals surface area contributed by atoms with E-state index in [1.165, 1.54) is 10.9 Å². The molecule has 0 aliphatic heterocycles. The minimum atomic E-state index is 0.744. The van der Waals surface area contributed by atoms with Crippen molar-refractivity contribution in [3.63, 3.8) is 0 Å². The van der Waals surface area contributed by atoms with E-state index in [0.717, 1.165) is 28.1 Å². The first-order chi connectivity index (χ1) is 10.8. The molecule has 0 atom stereocenters. The quantitative estimate of drug-likeness (QED) is 0.615. The van der Waals surface area contributed by atoms with Gasteiger partial charge in [-0.2, -0.15) is 0 Å². The van der Waals surface area contributed by atoms with Crippen LogP contribution in [0.25, 0.3) is 33.2 Å². The molecule has 4 aromatic rings. The molecule has 0 aliphatic rings. The van der Waals surface area contributed by atoms with Crippen LogP contribution in [0, 0.1) is 0 Å². The van der Waals surface area contributed by atoms with Crippen LogP contribution in [-0.2, 0) is 7.05 Å². The number of pyridine rings is 1. The minimum absolute atomic E-state index is 0.744.